The molecule has 1 aromatic heterocycles. The van der Waals surface area contributed by atoms with Gasteiger partial charge in [-0.25, -0.2) is 13.4 Å². The molecule has 29 heavy (non-hydrogen) atoms. The van der Waals surface area contributed by atoms with Crippen LogP contribution in [-0.4, -0.2) is 42.3 Å². The van der Waals surface area contributed by atoms with Crippen molar-refractivity contribution in [3.63, 3.8) is 0 Å². The van der Waals surface area contributed by atoms with Gasteiger partial charge in [-0.15, -0.1) is 4.40 Å². The normalized spacial score (nSPS) is 17.0. The van der Waals surface area contributed by atoms with Crippen molar-refractivity contribution in [1.29, 1.82) is 0 Å². The Labute approximate surface area is 168 Å². The van der Waals surface area contributed by atoms with Crippen LogP contribution in [0.25, 0.3) is 0 Å². The predicted octanol–water partition coefficient (Wildman–Crippen LogP) is 1.99. The maximum Gasteiger partial charge on any atom is 0.256 e. The highest BCUT2D eigenvalue weighted by Crippen LogP contribution is 2.20. The summed E-state index contributed by atoms with van der Waals surface area (Å²) in [6.45, 7) is 0.569. The Morgan fingerprint density at radius 1 is 1.17 bits per heavy atom. The van der Waals surface area contributed by atoms with E-state index in [1.165, 1.54) is 6.08 Å². The summed E-state index contributed by atoms with van der Waals surface area (Å²) in [6, 6.07) is 12.9. The average Bonchev–Trinajstić information content (AvgIpc) is 2.72. The fourth-order valence-electron chi connectivity index (χ4n) is 2.85. The van der Waals surface area contributed by atoms with E-state index >= 15 is 0 Å². The molecule has 0 unspecified atom stereocenters. The number of fused-ring (bicyclic) bond motifs is 1. The quantitative estimate of drug-likeness (QED) is 0.809. The number of amides is 1. The van der Waals surface area contributed by atoms with Crippen LogP contribution >= 0.6 is 0 Å². The van der Waals surface area contributed by atoms with Crippen LogP contribution in [0.2, 0.25) is 0 Å². The summed E-state index contributed by atoms with van der Waals surface area (Å²) in [5, 5.41) is 2.84. The lowest BCUT2D eigenvalue weighted by molar-refractivity contribution is -0.117. The Balaban J connectivity index is 1.39. The number of para-hydroxylation sites is 1. The predicted molar refractivity (Wildman–Crippen MR) is 108 cm³/mol. The molecule has 1 aromatic carbocycles. The highest BCUT2D eigenvalue weighted by Gasteiger charge is 2.24. The molecule has 1 N–H and O–H groups in total. The van der Waals surface area contributed by atoms with Crippen molar-refractivity contribution in [2.24, 2.45) is 4.40 Å². The summed E-state index contributed by atoms with van der Waals surface area (Å²) in [7, 11) is -3.42. The van der Waals surface area contributed by atoms with Gasteiger partial charge >= 0.3 is 0 Å². The van der Waals surface area contributed by atoms with Crippen molar-refractivity contribution in [3.8, 4) is 11.6 Å². The Kier molecular flexibility index (Phi) is 5.13. The Morgan fingerprint density at radius 2 is 2.00 bits per heavy atom. The molecule has 2 aromatic rings. The van der Waals surface area contributed by atoms with Gasteiger partial charge in [-0.1, -0.05) is 18.2 Å². The van der Waals surface area contributed by atoms with E-state index in [-0.39, 0.29) is 18.2 Å². The van der Waals surface area contributed by atoms with E-state index in [4.69, 9.17) is 4.74 Å². The number of pyridine rings is 1. The van der Waals surface area contributed by atoms with E-state index in [1.807, 2.05) is 30.3 Å². The number of sulfonamides is 1. The molecule has 0 bridgehead atoms. The lowest BCUT2D eigenvalue weighted by Gasteiger charge is -2.26. The third-order valence-electron chi connectivity index (χ3n) is 4.30. The van der Waals surface area contributed by atoms with Crippen molar-refractivity contribution in [2.45, 2.75) is 6.54 Å². The maximum absolute atomic E-state index is 12.5. The van der Waals surface area contributed by atoms with Gasteiger partial charge in [-0.05, 0) is 35.9 Å². The van der Waals surface area contributed by atoms with E-state index < -0.39 is 10.0 Å². The molecule has 2 aliphatic rings. The van der Waals surface area contributed by atoms with Crippen molar-refractivity contribution in [3.05, 3.63) is 78.1 Å². The standard InChI is InChI=1S/C20H18N4O4S/c25-20(16-6-7-18-23-29(26,27)11-10-24(18)14-16)22-13-15-8-9-21-19(12-15)28-17-4-2-1-3-5-17/h1-9,12,14H,10-11,13H2,(H,22,25). The SMILES string of the molecule is O=C(NCc1ccnc(Oc2ccccc2)c1)C1=CN2CCS(=O)(=O)N=C2C=C1. The third kappa shape index (κ3) is 4.69. The molecule has 0 aliphatic carbocycles. The second kappa shape index (κ2) is 7.88. The van der Waals surface area contributed by atoms with Gasteiger partial charge in [-0.3, -0.25) is 4.79 Å². The molecule has 0 spiro atoms. The maximum atomic E-state index is 12.5. The molecule has 0 fully saturated rings. The van der Waals surface area contributed by atoms with Gasteiger partial charge in [0.1, 0.15) is 11.6 Å². The number of hydrogen-bond donors (Lipinski definition) is 1. The summed E-state index contributed by atoms with van der Waals surface area (Å²) in [5.41, 5.74) is 1.27. The van der Waals surface area contributed by atoms with Gasteiger partial charge in [0.2, 0.25) is 5.88 Å². The van der Waals surface area contributed by atoms with Crippen LogP contribution in [0.3, 0.4) is 0 Å². The number of amidine groups is 1. The first-order valence-electron chi connectivity index (χ1n) is 8.94. The number of carbonyl (C=O) groups excluding carboxylic acids is 1. The molecule has 8 nitrogen and oxygen atoms in total. The number of aromatic nitrogens is 1. The lowest BCUT2D eigenvalue weighted by atomic mass is 10.1. The number of carbonyl (C=O) groups is 1. The average molecular weight is 410 g/mol. The fourth-order valence-corrected chi connectivity index (χ4v) is 3.81. The van der Waals surface area contributed by atoms with Crippen molar-refractivity contribution in [1.82, 2.24) is 15.2 Å². The molecule has 2 aliphatic heterocycles. The van der Waals surface area contributed by atoms with Crippen molar-refractivity contribution in [2.75, 3.05) is 12.3 Å². The molecule has 0 saturated heterocycles. The van der Waals surface area contributed by atoms with Gasteiger partial charge in [0.25, 0.3) is 15.9 Å². The molecule has 0 atom stereocenters. The number of rotatable bonds is 5. The van der Waals surface area contributed by atoms with Crippen LogP contribution in [0.5, 0.6) is 11.6 Å². The van der Waals surface area contributed by atoms with Crippen LogP contribution in [0.15, 0.2) is 77.0 Å². The molecule has 0 radical (unpaired) electrons. The molecule has 1 amide bonds. The van der Waals surface area contributed by atoms with Gasteiger partial charge in [0.15, 0.2) is 0 Å². The van der Waals surface area contributed by atoms with Gasteiger partial charge < -0.3 is 15.0 Å². The number of nitrogens with zero attached hydrogens (tertiary/aromatic N) is 3. The zero-order valence-electron chi connectivity index (χ0n) is 15.4. The highest BCUT2D eigenvalue weighted by atomic mass is 32.2. The molecule has 148 valence electrons. The minimum absolute atomic E-state index is 0.0725. The summed E-state index contributed by atoms with van der Waals surface area (Å²) in [4.78, 5) is 18.3. The first kappa shape index (κ1) is 18.9. The van der Waals surface area contributed by atoms with E-state index in [1.54, 1.807) is 35.5 Å². The highest BCUT2D eigenvalue weighted by molar-refractivity contribution is 7.90. The van der Waals surface area contributed by atoms with E-state index in [0.29, 0.717) is 29.6 Å². The molecule has 4 rings (SSSR count). The van der Waals surface area contributed by atoms with E-state index in [0.717, 1.165) is 5.56 Å². The summed E-state index contributed by atoms with van der Waals surface area (Å²) in [6.07, 6.45) is 6.32. The van der Waals surface area contributed by atoms with Gasteiger partial charge in [-0.2, -0.15) is 0 Å². The van der Waals surface area contributed by atoms with Gasteiger partial charge in [0.05, 0.1) is 11.3 Å². The summed E-state index contributed by atoms with van der Waals surface area (Å²) in [5.74, 6) is 1.10. The Bertz CT molecular complexity index is 1120. The number of nitrogens with one attached hydrogen (secondary N) is 1. The van der Waals surface area contributed by atoms with E-state index in [2.05, 4.69) is 14.7 Å². The minimum Gasteiger partial charge on any atom is -0.439 e. The van der Waals surface area contributed by atoms with Crippen molar-refractivity contribution >= 4 is 21.8 Å². The van der Waals surface area contributed by atoms with Crippen LogP contribution in [0.4, 0.5) is 0 Å². The summed E-state index contributed by atoms with van der Waals surface area (Å²) >= 11 is 0. The number of ether oxygens (including phenoxy) is 1. The van der Waals surface area contributed by atoms with Crippen LogP contribution in [-0.2, 0) is 21.4 Å². The molecule has 3 heterocycles. The molecular weight excluding hydrogens is 392 g/mol. The molecular formula is C20H18N4O4S. The third-order valence-corrected chi connectivity index (χ3v) is 5.47. The fraction of sp³-hybridized carbons (Fsp3) is 0.150. The molecule has 0 saturated carbocycles. The molecule has 9 heteroatoms. The minimum atomic E-state index is -3.42. The number of hydrogen-bond acceptors (Lipinski definition) is 6. The number of benzene rings is 1. The van der Waals surface area contributed by atoms with Crippen molar-refractivity contribution < 1.29 is 17.9 Å². The van der Waals surface area contributed by atoms with Crippen LogP contribution in [0.1, 0.15) is 5.56 Å². The second-order valence-electron chi connectivity index (χ2n) is 6.45. The zero-order valence-corrected chi connectivity index (χ0v) is 16.2. The van der Waals surface area contributed by atoms with E-state index in [9.17, 15) is 13.2 Å². The second-order valence-corrected chi connectivity index (χ2v) is 8.20. The lowest BCUT2D eigenvalue weighted by Crippen LogP contribution is -2.38. The smallest absolute Gasteiger partial charge is 0.256 e. The first-order valence-corrected chi connectivity index (χ1v) is 10.5. The monoisotopic (exact) mass is 410 g/mol. The van der Waals surface area contributed by atoms with Crippen LogP contribution in [0, 0.1) is 0 Å². The Hall–Kier alpha value is -3.46. The largest absolute Gasteiger partial charge is 0.439 e. The zero-order chi connectivity index (χ0) is 20.3. The van der Waals surface area contributed by atoms with Gasteiger partial charge in [0, 0.05) is 31.6 Å². The van der Waals surface area contributed by atoms with Crippen LogP contribution < -0.4 is 10.1 Å². The Morgan fingerprint density at radius 3 is 2.83 bits per heavy atom. The first-order chi connectivity index (χ1) is 14.0. The summed E-state index contributed by atoms with van der Waals surface area (Å²) < 4.78 is 32.5. The topological polar surface area (TPSA) is 101 Å².